The van der Waals surface area contributed by atoms with Crippen molar-refractivity contribution in [3.8, 4) is 11.5 Å². The van der Waals surface area contributed by atoms with Gasteiger partial charge in [-0.05, 0) is 36.1 Å². The van der Waals surface area contributed by atoms with Gasteiger partial charge in [0.2, 0.25) is 6.79 Å². The molecule has 0 saturated carbocycles. The molecule has 0 bridgehead atoms. The molecule has 0 atom stereocenters. The van der Waals surface area contributed by atoms with Crippen molar-refractivity contribution in [1.29, 1.82) is 0 Å². The first-order valence-electron chi connectivity index (χ1n) is 8.99. The third-order valence-corrected chi connectivity index (χ3v) is 3.86. The summed E-state index contributed by atoms with van der Waals surface area (Å²) in [5.41, 5.74) is 2.44. The van der Waals surface area contributed by atoms with E-state index in [0.29, 0.717) is 39.8 Å². The number of aryl methyl sites for hydroxylation is 1. The number of fused-ring (bicyclic) bond motifs is 1. The number of unbranched alkanes of at least 4 members (excludes halogenated alkanes) is 1. The molecule has 0 amide bonds. The minimum atomic E-state index is 0. The number of benzene rings is 1. The van der Waals surface area contributed by atoms with Gasteiger partial charge in [-0.3, -0.25) is 0 Å². The van der Waals surface area contributed by atoms with E-state index in [0.717, 1.165) is 43.8 Å². The van der Waals surface area contributed by atoms with Crippen molar-refractivity contribution in [3.63, 3.8) is 0 Å². The molecular weight excluding hydrogens is 368 g/mol. The molecule has 0 aromatic heterocycles. The van der Waals surface area contributed by atoms with Gasteiger partial charge >= 0.3 is 23.1 Å². The van der Waals surface area contributed by atoms with Gasteiger partial charge in [0.05, 0.1) is 33.0 Å². The summed E-state index contributed by atoms with van der Waals surface area (Å²) < 4.78 is 27.6. The van der Waals surface area contributed by atoms with E-state index in [-0.39, 0.29) is 35.5 Å². The van der Waals surface area contributed by atoms with Gasteiger partial charge in [0.25, 0.3) is 0 Å². The molecule has 1 aromatic carbocycles. The number of ether oxygens (including phenoxy) is 5. The van der Waals surface area contributed by atoms with Gasteiger partial charge in [0.15, 0.2) is 11.5 Å². The van der Waals surface area contributed by atoms with Crippen LogP contribution in [0, 0.1) is 0 Å². The normalized spacial score (nSPS) is 11.8. The molecule has 0 fully saturated rings. The zero-order valence-corrected chi connectivity index (χ0v) is 16.2. The van der Waals surface area contributed by atoms with E-state index >= 15 is 0 Å². The fourth-order valence-corrected chi connectivity index (χ4v) is 2.53. The topological polar surface area (TPSA) is 46.2 Å². The smallest absolute Gasteiger partial charge is 0.316 e. The summed E-state index contributed by atoms with van der Waals surface area (Å²) in [6.45, 7) is 8.47. The van der Waals surface area contributed by atoms with Crippen molar-refractivity contribution in [2.75, 3.05) is 39.8 Å². The number of hydrogen-bond acceptors (Lipinski definition) is 5. The average Bonchev–Trinajstić information content (AvgIpc) is 3.04. The highest BCUT2D eigenvalue weighted by molar-refractivity contribution is 5.85. The first-order valence-corrected chi connectivity index (χ1v) is 8.99. The summed E-state index contributed by atoms with van der Waals surface area (Å²) in [6, 6.07) is 4.12. The third kappa shape index (κ3) is 9.11. The molecule has 1 aliphatic heterocycles. The van der Waals surface area contributed by atoms with Crippen LogP contribution in [0.2, 0.25) is 0 Å². The largest absolute Gasteiger partial charge is 0.454 e. The Morgan fingerprint density at radius 2 is 1.38 bits per heavy atom. The minimum Gasteiger partial charge on any atom is -0.454 e. The van der Waals surface area contributed by atoms with E-state index in [9.17, 15) is 0 Å². The van der Waals surface area contributed by atoms with Crippen LogP contribution in [0.3, 0.4) is 0 Å². The summed E-state index contributed by atoms with van der Waals surface area (Å²) in [4.78, 5) is 0. The predicted molar refractivity (Wildman–Crippen MR) is 109 cm³/mol. The number of rotatable bonds is 13. The maximum Gasteiger partial charge on any atom is 0.316 e. The molecule has 0 saturated heterocycles. The Balaban J connectivity index is 0.00000312. The average molecular weight is 401 g/mol. The van der Waals surface area contributed by atoms with E-state index in [2.05, 4.69) is 19.9 Å². The highest BCUT2D eigenvalue weighted by Gasteiger charge is 2.16. The number of halogens is 1. The maximum atomic E-state index is 5.75. The Bertz CT molecular complexity index is 487. The number of hydrogen-bond donors (Lipinski definition) is 0. The standard InChI is InChI=1S/C19H30O5.ClH.Mg.2H/c1-3-5-7-20-8-9-21-10-11-22-14-17-13-19-18(23-15-24-19)12-16(17)6-4-2;;;;/h12-13H,3-11,14-15H2,1-2H3;1H;;;. The van der Waals surface area contributed by atoms with Crippen LogP contribution < -0.4 is 9.47 Å². The summed E-state index contributed by atoms with van der Waals surface area (Å²) in [7, 11) is 0. The quantitative estimate of drug-likeness (QED) is 0.375. The van der Waals surface area contributed by atoms with Crippen LogP contribution in [0.1, 0.15) is 44.2 Å². The molecular formula is C19H33ClMgO5. The molecule has 148 valence electrons. The van der Waals surface area contributed by atoms with Crippen molar-refractivity contribution >= 4 is 35.5 Å². The molecule has 0 N–H and O–H groups in total. The van der Waals surface area contributed by atoms with Crippen molar-refractivity contribution in [3.05, 3.63) is 23.3 Å². The molecule has 1 heterocycles. The maximum absolute atomic E-state index is 5.75. The zero-order chi connectivity index (χ0) is 17.0. The van der Waals surface area contributed by atoms with Crippen LogP contribution >= 0.6 is 12.4 Å². The summed E-state index contributed by atoms with van der Waals surface area (Å²) in [6.07, 6.45) is 4.38. The predicted octanol–water partition coefficient (Wildman–Crippen LogP) is 3.22. The highest BCUT2D eigenvalue weighted by Crippen LogP contribution is 2.35. The first kappa shape index (κ1) is 25.8. The molecule has 1 aliphatic rings. The lowest BCUT2D eigenvalue weighted by molar-refractivity contribution is 0.0101. The Morgan fingerprint density at radius 1 is 0.808 bits per heavy atom. The second-order valence-corrected chi connectivity index (χ2v) is 5.86. The second-order valence-electron chi connectivity index (χ2n) is 5.86. The van der Waals surface area contributed by atoms with E-state index in [1.54, 1.807) is 0 Å². The zero-order valence-electron chi connectivity index (χ0n) is 15.4. The van der Waals surface area contributed by atoms with E-state index < -0.39 is 0 Å². The molecule has 7 heteroatoms. The third-order valence-electron chi connectivity index (χ3n) is 3.86. The van der Waals surface area contributed by atoms with Gasteiger partial charge in [-0.25, -0.2) is 0 Å². The second kappa shape index (κ2) is 15.8. The van der Waals surface area contributed by atoms with Crippen molar-refractivity contribution in [2.45, 2.75) is 46.1 Å². The molecule has 1 aromatic rings. The van der Waals surface area contributed by atoms with Gasteiger partial charge < -0.3 is 23.7 Å². The van der Waals surface area contributed by atoms with E-state index in [4.69, 9.17) is 23.7 Å². The summed E-state index contributed by atoms with van der Waals surface area (Å²) >= 11 is 0. The monoisotopic (exact) mass is 400 g/mol. The Labute approximate surface area is 179 Å². The Morgan fingerprint density at radius 3 is 2.00 bits per heavy atom. The van der Waals surface area contributed by atoms with Gasteiger partial charge in [-0.2, -0.15) is 0 Å². The lowest BCUT2D eigenvalue weighted by Crippen LogP contribution is -2.10. The molecule has 0 unspecified atom stereocenters. The lowest BCUT2D eigenvalue weighted by atomic mass is 10.0. The summed E-state index contributed by atoms with van der Waals surface area (Å²) in [5.74, 6) is 1.66. The fraction of sp³-hybridized carbons (Fsp3) is 0.684. The van der Waals surface area contributed by atoms with Crippen molar-refractivity contribution in [2.24, 2.45) is 0 Å². The van der Waals surface area contributed by atoms with Gasteiger partial charge in [0.1, 0.15) is 0 Å². The fourth-order valence-electron chi connectivity index (χ4n) is 2.53. The molecule has 2 rings (SSSR count). The van der Waals surface area contributed by atoms with Crippen LogP contribution in [-0.4, -0.2) is 62.9 Å². The Kier molecular flexibility index (Phi) is 15.6. The van der Waals surface area contributed by atoms with Crippen LogP contribution in [0.5, 0.6) is 11.5 Å². The van der Waals surface area contributed by atoms with E-state index in [1.807, 2.05) is 6.07 Å². The van der Waals surface area contributed by atoms with Crippen LogP contribution in [0.15, 0.2) is 12.1 Å². The highest BCUT2D eigenvalue weighted by atomic mass is 35.5. The van der Waals surface area contributed by atoms with Crippen molar-refractivity contribution < 1.29 is 23.7 Å². The molecule has 0 radical (unpaired) electrons. The molecule has 5 nitrogen and oxygen atoms in total. The van der Waals surface area contributed by atoms with Gasteiger partial charge in [-0.1, -0.05) is 26.7 Å². The molecule has 0 spiro atoms. The van der Waals surface area contributed by atoms with Crippen LogP contribution in [0.4, 0.5) is 0 Å². The summed E-state index contributed by atoms with van der Waals surface area (Å²) in [5, 5.41) is 0. The van der Waals surface area contributed by atoms with Gasteiger partial charge in [0, 0.05) is 6.61 Å². The Hall–Kier alpha value is -0.244. The van der Waals surface area contributed by atoms with Crippen LogP contribution in [-0.2, 0) is 27.2 Å². The first-order chi connectivity index (χ1) is 11.8. The SMILES string of the molecule is CCCCOCCOCCOCc1cc2c(cc1CCC)OCO2.Cl.[MgH2]. The van der Waals surface area contributed by atoms with E-state index in [1.165, 1.54) is 11.1 Å². The molecule has 0 aliphatic carbocycles. The van der Waals surface area contributed by atoms with Crippen molar-refractivity contribution in [1.82, 2.24) is 0 Å². The van der Waals surface area contributed by atoms with Crippen LogP contribution in [0.25, 0.3) is 0 Å². The lowest BCUT2D eigenvalue weighted by Gasteiger charge is -2.11. The minimum absolute atomic E-state index is 0. The molecule has 26 heavy (non-hydrogen) atoms. The van der Waals surface area contributed by atoms with Gasteiger partial charge in [-0.15, -0.1) is 12.4 Å².